The fraction of sp³-hybridized carbons (Fsp3) is 0.273. The van der Waals surface area contributed by atoms with Crippen molar-refractivity contribution in [1.29, 1.82) is 0 Å². The number of rotatable bonds is 1. The first kappa shape index (κ1) is 13.3. The quantitative estimate of drug-likeness (QED) is 0.773. The van der Waals surface area contributed by atoms with Crippen LogP contribution in [0.25, 0.3) is 0 Å². The summed E-state index contributed by atoms with van der Waals surface area (Å²) in [4.78, 5) is 21.9. The number of carbonyl (C=O) groups is 2. The number of hydrogen-bond donors (Lipinski definition) is 2. The average Bonchev–Trinajstić information content (AvgIpc) is 2.29. The highest BCUT2D eigenvalue weighted by atomic mass is 19.4. The van der Waals surface area contributed by atoms with E-state index in [0.717, 1.165) is 12.1 Å². The van der Waals surface area contributed by atoms with Gasteiger partial charge in [0.25, 0.3) is 0 Å². The van der Waals surface area contributed by atoms with Crippen molar-refractivity contribution in [2.24, 2.45) is 0 Å². The summed E-state index contributed by atoms with van der Waals surface area (Å²) in [6.07, 6.45) is -4.63. The third-order valence-corrected chi connectivity index (χ3v) is 2.59. The zero-order valence-corrected chi connectivity index (χ0v) is 9.40. The molecule has 0 saturated heterocycles. The molecule has 0 fully saturated rings. The molecule has 0 aromatic heterocycles. The van der Waals surface area contributed by atoms with Crippen LogP contribution in [0.4, 0.5) is 28.9 Å². The third-order valence-electron chi connectivity index (χ3n) is 2.59. The molecule has 0 atom stereocenters. The van der Waals surface area contributed by atoms with Gasteiger partial charge in [-0.3, -0.25) is 9.59 Å². The van der Waals surface area contributed by atoms with Crippen LogP contribution in [-0.4, -0.2) is 18.0 Å². The van der Waals surface area contributed by atoms with Gasteiger partial charge in [-0.15, -0.1) is 0 Å². The largest absolute Gasteiger partial charge is 0.471 e. The number of anilines is 2. The van der Waals surface area contributed by atoms with Crippen molar-refractivity contribution >= 4 is 23.2 Å². The number of nitrogens with one attached hydrogen (secondary N) is 2. The lowest BCUT2D eigenvalue weighted by atomic mass is 10.0. The molecule has 1 aromatic rings. The number of alkyl halides is 3. The molecule has 1 heterocycles. The maximum atomic E-state index is 13.5. The summed E-state index contributed by atoms with van der Waals surface area (Å²) in [5.74, 6) is -3.56. The van der Waals surface area contributed by atoms with E-state index in [9.17, 15) is 27.2 Å². The molecular formula is C11H8F4N2O2. The van der Waals surface area contributed by atoms with E-state index in [1.165, 1.54) is 5.32 Å². The van der Waals surface area contributed by atoms with Crippen LogP contribution in [-0.2, 0) is 16.0 Å². The summed E-state index contributed by atoms with van der Waals surface area (Å²) in [6, 6.07) is 1.98. The lowest BCUT2D eigenvalue weighted by Crippen LogP contribution is -2.30. The highest BCUT2D eigenvalue weighted by Gasteiger charge is 2.39. The van der Waals surface area contributed by atoms with Crippen molar-refractivity contribution in [1.82, 2.24) is 0 Å². The first-order valence-corrected chi connectivity index (χ1v) is 5.28. The third kappa shape index (κ3) is 2.83. The molecule has 19 heavy (non-hydrogen) atoms. The lowest BCUT2D eigenvalue weighted by Gasteiger charge is -2.18. The number of carbonyl (C=O) groups excluding carboxylic acids is 2. The van der Waals surface area contributed by atoms with Crippen LogP contribution in [0.3, 0.4) is 0 Å². The van der Waals surface area contributed by atoms with E-state index >= 15 is 0 Å². The Morgan fingerprint density at radius 1 is 1.26 bits per heavy atom. The van der Waals surface area contributed by atoms with Gasteiger partial charge in [0.15, 0.2) is 0 Å². The zero-order valence-electron chi connectivity index (χ0n) is 9.40. The molecule has 2 rings (SSSR count). The monoisotopic (exact) mass is 276 g/mol. The van der Waals surface area contributed by atoms with Crippen molar-refractivity contribution < 1.29 is 27.2 Å². The van der Waals surface area contributed by atoms with Crippen LogP contribution in [0.5, 0.6) is 0 Å². The predicted octanol–water partition coefficient (Wildman–Crippen LogP) is 2.21. The van der Waals surface area contributed by atoms with Gasteiger partial charge in [0, 0.05) is 12.1 Å². The smallest absolute Gasteiger partial charge is 0.326 e. The molecule has 0 radical (unpaired) electrons. The fourth-order valence-electron chi connectivity index (χ4n) is 1.69. The van der Waals surface area contributed by atoms with E-state index in [-0.39, 0.29) is 18.0 Å². The molecule has 8 heteroatoms. The Labute approximate surface area is 104 Å². The number of benzene rings is 1. The Kier molecular flexibility index (Phi) is 3.17. The maximum absolute atomic E-state index is 13.5. The van der Waals surface area contributed by atoms with Crippen molar-refractivity contribution in [3.63, 3.8) is 0 Å². The Bertz CT molecular complexity index is 554. The minimum absolute atomic E-state index is 0.181. The first-order chi connectivity index (χ1) is 8.77. The molecule has 102 valence electrons. The Morgan fingerprint density at radius 3 is 2.58 bits per heavy atom. The van der Waals surface area contributed by atoms with E-state index in [1.54, 1.807) is 0 Å². The Balaban J connectivity index is 2.30. The molecular weight excluding hydrogens is 268 g/mol. The standard InChI is InChI=1S/C11H8F4N2O2/c12-6-3-5-1-2-9(18)16-7(5)4-8(6)17-10(19)11(13,14)15/h3-4H,1-2H2,(H,16,18)(H,17,19). The molecule has 2 amide bonds. The second-order valence-corrected chi connectivity index (χ2v) is 3.99. The fourth-order valence-corrected chi connectivity index (χ4v) is 1.69. The molecule has 1 aliphatic rings. The minimum Gasteiger partial charge on any atom is -0.326 e. The van der Waals surface area contributed by atoms with Crippen molar-refractivity contribution in [2.45, 2.75) is 19.0 Å². The van der Waals surface area contributed by atoms with Gasteiger partial charge in [0.2, 0.25) is 5.91 Å². The summed E-state index contributed by atoms with van der Waals surface area (Å²) >= 11 is 0. The molecule has 0 unspecified atom stereocenters. The summed E-state index contributed by atoms with van der Waals surface area (Å²) in [5.41, 5.74) is 0.0560. The molecule has 1 aromatic carbocycles. The molecule has 0 saturated carbocycles. The summed E-state index contributed by atoms with van der Waals surface area (Å²) in [6.45, 7) is 0. The number of halogens is 4. The Hall–Kier alpha value is -2.12. The van der Waals surface area contributed by atoms with E-state index in [4.69, 9.17) is 0 Å². The van der Waals surface area contributed by atoms with Gasteiger partial charge < -0.3 is 10.6 Å². The highest BCUT2D eigenvalue weighted by Crippen LogP contribution is 2.29. The zero-order chi connectivity index (χ0) is 14.2. The van der Waals surface area contributed by atoms with E-state index < -0.39 is 23.6 Å². The second-order valence-electron chi connectivity index (χ2n) is 3.99. The van der Waals surface area contributed by atoms with Gasteiger partial charge >= 0.3 is 12.1 Å². The van der Waals surface area contributed by atoms with Crippen molar-refractivity contribution in [3.8, 4) is 0 Å². The number of hydrogen-bond acceptors (Lipinski definition) is 2. The van der Waals surface area contributed by atoms with Gasteiger partial charge in [-0.25, -0.2) is 4.39 Å². The normalized spacial score (nSPS) is 14.6. The van der Waals surface area contributed by atoms with Crippen LogP contribution in [0.2, 0.25) is 0 Å². The van der Waals surface area contributed by atoms with Gasteiger partial charge in [-0.05, 0) is 24.1 Å². The number of amides is 2. The minimum atomic E-state index is -5.11. The van der Waals surface area contributed by atoms with Crippen molar-refractivity contribution in [3.05, 3.63) is 23.5 Å². The molecule has 0 bridgehead atoms. The Morgan fingerprint density at radius 2 is 1.95 bits per heavy atom. The molecule has 0 spiro atoms. The van der Waals surface area contributed by atoms with Crippen LogP contribution in [0.15, 0.2) is 12.1 Å². The van der Waals surface area contributed by atoms with Crippen LogP contribution < -0.4 is 10.6 Å². The number of aryl methyl sites for hydroxylation is 1. The maximum Gasteiger partial charge on any atom is 0.471 e. The SMILES string of the molecule is O=C1CCc2cc(F)c(NC(=O)C(F)(F)F)cc2N1. The van der Waals surface area contributed by atoms with Gasteiger partial charge in [0.1, 0.15) is 5.82 Å². The number of fused-ring (bicyclic) bond motifs is 1. The van der Waals surface area contributed by atoms with Gasteiger partial charge in [-0.2, -0.15) is 13.2 Å². The van der Waals surface area contributed by atoms with Crippen LogP contribution in [0, 0.1) is 5.82 Å². The highest BCUT2D eigenvalue weighted by molar-refractivity contribution is 5.98. The topological polar surface area (TPSA) is 58.2 Å². The van der Waals surface area contributed by atoms with Crippen molar-refractivity contribution in [2.75, 3.05) is 10.6 Å². The van der Waals surface area contributed by atoms with E-state index in [0.29, 0.717) is 12.0 Å². The van der Waals surface area contributed by atoms with Gasteiger partial charge in [-0.1, -0.05) is 0 Å². The summed E-state index contributed by atoms with van der Waals surface area (Å²) < 4.78 is 49.7. The van der Waals surface area contributed by atoms with E-state index in [2.05, 4.69) is 5.32 Å². The lowest BCUT2D eigenvalue weighted by molar-refractivity contribution is -0.167. The molecule has 0 aliphatic carbocycles. The second kappa shape index (κ2) is 4.52. The van der Waals surface area contributed by atoms with E-state index in [1.807, 2.05) is 0 Å². The van der Waals surface area contributed by atoms with Gasteiger partial charge in [0.05, 0.1) is 5.69 Å². The summed E-state index contributed by atoms with van der Waals surface area (Å²) in [5, 5.41) is 3.83. The molecule has 1 aliphatic heterocycles. The predicted molar refractivity (Wildman–Crippen MR) is 58.0 cm³/mol. The first-order valence-electron chi connectivity index (χ1n) is 5.28. The molecule has 2 N–H and O–H groups in total. The van der Waals surface area contributed by atoms with Crippen LogP contribution >= 0.6 is 0 Å². The molecule has 4 nitrogen and oxygen atoms in total. The average molecular weight is 276 g/mol. The van der Waals surface area contributed by atoms with Crippen LogP contribution in [0.1, 0.15) is 12.0 Å². The summed E-state index contributed by atoms with van der Waals surface area (Å²) in [7, 11) is 0.